The van der Waals surface area contributed by atoms with Crippen molar-refractivity contribution in [1.82, 2.24) is 10.6 Å². The smallest absolute Gasteiger partial charge is 0.248 e. The lowest BCUT2D eigenvalue weighted by molar-refractivity contribution is -0.124. The molecule has 0 saturated carbocycles. The Morgan fingerprint density at radius 3 is 2.18 bits per heavy atom. The summed E-state index contributed by atoms with van der Waals surface area (Å²) in [6.07, 6.45) is 20.1. The van der Waals surface area contributed by atoms with E-state index in [0.29, 0.717) is 5.92 Å². The SMILES string of the molecule is CC(C)CC/C=C/C=C/C=C/C(=O)NC1=C[C@@](O)(/[13CH]=C/C=C/C=C/C(=O)NC2=C(O)CCC2=O)[C@H](O)CC1=O. The van der Waals surface area contributed by atoms with Crippen molar-refractivity contribution in [2.75, 3.05) is 0 Å². The van der Waals surface area contributed by atoms with Crippen LogP contribution in [0.2, 0.25) is 0 Å². The minimum atomic E-state index is -1.90. The van der Waals surface area contributed by atoms with E-state index in [-0.39, 0.29) is 42.2 Å². The van der Waals surface area contributed by atoms with Gasteiger partial charge >= 0.3 is 0 Å². The van der Waals surface area contributed by atoms with E-state index in [0.717, 1.165) is 25.0 Å². The summed E-state index contributed by atoms with van der Waals surface area (Å²) < 4.78 is 0. The molecule has 0 aromatic rings. The first-order valence-corrected chi connectivity index (χ1v) is 12.8. The molecule has 2 aliphatic carbocycles. The summed E-state index contributed by atoms with van der Waals surface area (Å²) in [7, 11) is 0. The van der Waals surface area contributed by atoms with Gasteiger partial charge in [0.05, 0.1) is 11.8 Å². The summed E-state index contributed by atoms with van der Waals surface area (Å²) in [6, 6.07) is 0. The van der Waals surface area contributed by atoms with Crippen molar-refractivity contribution in [3.05, 3.63) is 96.1 Å². The topological polar surface area (TPSA) is 153 Å². The third kappa shape index (κ3) is 10.7. The number of nitrogens with one attached hydrogen (secondary N) is 2. The second-order valence-corrected chi connectivity index (χ2v) is 9.56. The molecule has 0 spiro atoms. The van der Waals surface area contributed by atoms with Gasteiger partial charge < -0.3 is 26.0 Å². The van der Waals surface area contributed by atoms with Crippen LogP contribution >= 0.6 is 0 Å². The fraction of sp³-hybridized carbons (Fsp3) is 0.333. The van der Waals surface area contributed by atoms with Crippen molar-refractivity contribution < 1.29 is 34.5 Å². The number of aliphatic hydroxyl groups excluding tert-OH is 2. The maximum atomic E-state index is 12.3. The van der Waals surface area contributed by atoms with Crippen LogP contribution in [0, 0.1) is 5.92 Å². The van der Waals surface area contributed by atoms with E-state index in [2.05, 4.69) is 24.5 Å². The Morgan fingerprint density at radius 2 is 1.56 bits per heavy atom. The standard InChI is InChI=1S/C30H36N2O7/c1-21(2)13-9-5-3-4-6-10-14-27(37)31-22-20-30(39,26(36)19-25(22)35)18-12-8-7-11-15-28(38)32-29-23(33)16-17-24(29)34/h3-8,10-12,14-15,18,20-21,26,33,36,39H,9,13,16-17,19H2,1-2H3,(H,31,37)(H,32,38)/b5-3+,6-4+,8-7+,14-10+,15-11+,18-12+/t26-,30+/m1/s1/i18+1. The van der Waals surface area contributed by atoms with Crippen LogP contribution in [0.3, 0.4) is 0 Å². The number of amides is 2. The van der Waals surface area contributed by atoms with Crippen LogP contribution in [0.4, 0.5) is 0 Å². The van der Waals surface area contributed by atoms with Gasteiger partial charge in [-0.1, -0.05) is 68.5 Å². The lowest BCUT2D eigenvalue weighted by Crippen LogP contribution is -2.46. The molecule has 0 heterocycles. The summed E-state index contributed by atoms with van der Waals surface area (Å²) in [6.45, 7) is 4.32. The highest BCUT2D eigenvalue weighted by atomic mass is 16.3. The molecule has 0 saturated heterocycles. The molecule has 2 amide bonds. The Hall–Kier alpha value is -4.08. The molecule has 0 bridgehead atoms. The van der Waals surface area contributed by atoms with Gasteiger partial charge in [0.15, 0.2) is 11.6 Å². The number of hydrogen-bond donors (Lipinski definition) is 5. The fourth-order valence-electron chi connectivity index (χ4n) is 3.60. The lowest BCUT2D eigenvalue weighted by atomic mass is 9.90. The molecule has 0 aliphatic heterocycles. The summed E-state index contributed by atoms with van der Waals surface area (Å²) in [5, 5.41) is 35.4. The Kier molecular flexibility index (Phi) is 12.3. The van der Waals surface area contributed by atoms with E-state index in [4.69, 9.17) is 0 Å². The monoisotopic (exact) mass is 537 g/mol. The van der Waals surface area contributed by atoms with Gasteiger partial charge in [0.2, 0.25) is 11.8 Å². The predicted octanol–water partition coefficient (Wildman–Crippen LogP) is 3.07. The minimum absolute atomic E-state index is 0.0945. The third-order valence-electron chi connectivity index (χ3n) is 5.82. The maximum Gasteiger partial charge on any atom is 0.248 e. The first kappa shape index (κ1) is 31.1. The highest BCUT2D eigenvalue weighted by Crippen LogP contribution is 2.25. The Balaban J connectivity index is 1.92. The van der Waals surface area contributed by atoms with Crippen LogP contribution < -0.4 is 10.6 Å². The van der Waals surface area contributed by atoms with Crippen molar-refractivity contribution in [2.24, 2.45) is 5.92 Å². The number of aliphatic hydroxyl groups is 3. The normalized spacial score (nSPS) is 22.7. The van der Waals surface area contributed by atoms with E-state index in [9.17, 15) is 34.5 Å². The molecule has 2 aliphatic rings. The van der Waals surface area contributed by atoms with Gasteiger partial charge in [0.1, 0.15) is 17.1 Å². The van der Waals surface area contributed by atoms with Crippen LogP contribution in [-0.4, -0.2) is 50.4 Å². The van der Waals surface area contributed by atoms with Crippen molar-refractivity contribution >= 4 is 23.4 Å². The van der Waals surface area contributed by atoms with Gasteiger partial charge in [-0.3, -0.25) is 19.2 Å². The first-order valence-electron chi connectivity index (χ1n) is 12.8. The molecule has 0 unspecified atom stereocenters. The van der Waals surface area contributed by atoms with E-state index >= 15 is 0 Å². The first-order chi connectivity index (χ1) is 18.5. The van der Waals surface area contributed by atoms with Crippen molar-refractivity contribution in [3.63, 3.8) is 0 Å². The molecular weight excluding hydrogens is 501 g/mol. The van der Waals surface area contributed by atoms with Crippen LogP contribution in [0.1, 0.15) is 46.0 Å². The average molecular weight is 538 g/mol. The average Bonchev–Trinajstić information content (AvgIpc) is 3.18. The van der Waals surface area contributed by atoms with Gasteiger partial charge in [0.25, 0.3) is 0 Å². The van der Waals surface area contributed by atoms with Crippen LogP contribution in [0.5, 0.6) is 0 Å². The molecule has 0 radical (unpaired) electrons. The summed E-state index contributed by atoms with van der Waals surface area (Å²) in [5.74, 6) is -1.50. The number of allylic oxidation sites excluding steroid dienone is 12. The molecule has 9 nitrogen and oxygen atoms in total. The van der Waals surface area contributed by atoms with Gasteiger partial charge in [0, 0.05) is 31.4 Å². The number of rotatable bonds is 12. The Morgan fingerprint density at radius 1 is 0.949 bits per heavy atom. The Labute approximate surface area is 228 Å². The number of Topliss-reactive ketones (excluding diaryl/α,β-unsaturated/α-hetero) is 2. The quantitative estimate of drug-likeness (QED) is 0.146. The van der Waals surface area contributed by atoms with Gasteiger partial charge in [-0.2, -0.15) is 0 Å². The highest BCUT2D eigenvalue weighted by molar-refractivity contribution is 6.03. The molecule has 0 aromatic heterocycles. The number of carbonyl (C=O) groups is 4. The predicted molar refractivity (Wildman–Crippen MR) is 148 cm³/mol. The maximum absolute atomic E-state index is 12.3. The second kappa shape index (κ2) is 15.4. The van der Waals surface area contributed by atoms with E-state index < -0.39 is 29.3 Å². The van der Waals surface area contributed by atoms with E-state index in [1.54, 1.807) is 12.2 Å². The zero-order valence-electron chi connectivity index (χ0n) is 22.2. The largest absolute Gasteiger partial charge is 0.510 e. The van der Waals surface area contributed by atoms with Gasteiger partial charge in [-0.25, -0.2) is 0 Å². The minimum Gasteiger partial charge on any atom is -0.510 e. The van der Waals surface area contributed by atoms with Gasteiger partial charge in [-0.05, 0) is 30.9 Å². The van der Waals surface area contributed by atoms with E-state index in [1.165, 1.54) is 42.5 Å². The molecule has 9 heteroatoms. The van der Waals surface area contributed by atoms with Crippen LogP contribution in [0.25, 0.3) is 0 Å². The summed E-state index contributed by atoms with van der Waals surface area (Å²) in [5.41, 5.74) is -2.12. The van der Waals surface area contributed by atoms with Crippen LogP contribution in [0.15, 0.2) is 96.1 Å². The van der Waals surface area contributed by atoms with Crippen LogP contribution in [-0.2, 0) is 19.2 Å². The molecule has 0 fully saturated rings. The molecular formula is C30H36N2O7. The summed E-state index contributed by atoms with van der Waals surface area (Å²) in [4.78, 5) is 47.9. The molecule has 39 heavy (non-hydrogen) atoms. The lowest BCUT2D eigenvalue weighted by Gasteiger charge is -2.31. The molecule has 2 rings (SSSR count). The molecule has 208 valence electrons. The number of ketones is 2. The zero-order chi connectivity index (χ0) is 28.8. The Bertz CT molecular complexity index is 1180. The molecule has 2 atom stereocenters. The highest BCUT2D eigenvalue weighted by Gasteiger charge is 2.38. The number of carbonyl (C=O) groups excluding carboxylic acids is 4. The second-order valence-electron chi connectivity index (χ2n) is 9.56. The van der Waals surface area contributed by atoms with Gasteiger partial charge in [-0.15, -0.1) is 0 Å². The van der Waals surface area contributed by atoms with Crippen molar-refractivity contribution in [2.45, 2.75) is 57.7 Å². The fourth-order valence-corrected chi connectivity index (χ4v) is 3.60. The molecule has 5 N–H and O–H groups in total. The number of hydrogen-bond acceptors (Lipinski definition) is 7. The van der Waals surface area contributed by atoms with E-state index in [1.807, 2.05) is 12.2 Å². The van der Waals surface area contributed by atoms with Crippen molar-refractivity contribution in [3.8, 4) is 0 Å². The third-order valence-corrected chi connectivity index (χ3v) is 5.82. The molecule has 0 aromatic carbocycles. The van der Waals surface area contributed by atoms with Crippen molar-refractivity contribution in [1.29, 1.82) is 0 Å². The summed E-state index contributed by atoms with van der Waals surface area (Å²) >= 11 is 0. The zero-order valence-corrected chi connectivity index (χ0v) is 22.2.